The number of amides is 3. The van der Waals surface area contributed by atoms with Gasteiger partial charge in [0.05, 0.1) is 21.1 Å². The Morgan fingerprint density at radius 2 is 1.94 bits per heavy atom. The van der Waals surface area contributed by atoms with Crippen LogP contribution in [-0.4, -0.2) is 41.1 Å². The summed E-state index contributed by atoms with van der Waals surface area (Å²) in [5.41, 5.74) is 1.29. The molecule has 168 valence electrons. The first-order valence-electron chi connectivity index (χ1n) is 9.29. The Bertz CT molecular complexity index is 1120. The van der Waals surface area contributed by atoms with Crippen molar-refractivity contribution < 1.29 is 29.0 Å². The number of halogens is 3. The highest BCUT2D eigenvalue weighted by Gasteiger charge is 2.34. The summed E-state index contributed by atoms with van der Waals surface area (Å²) in [5.74, 6) is -1.17. The SMILES string of the molecule is CCOc1cc(/C=C2/NC(=O)N(CC(=O)O)C2=O)cc(Br)c1OCc1ccc(Cl)c(Cl)c1. The third-order valence-corrected chi connectivity index (χ3v) is 5.59. The van der Waals surface area contributed by atoms with Gasteiger partial charge in [0.15, 0.2) is 11.5 Å². The normalized spacial score (nSPS) is 14.6. The molecule has 0 spiro atoms. The van der Waals surface area contributed by atoms with E-state index in [1.807, 2.05) is 6.92 Å². The number of carbonyl (C=O) groups excluding carboxylic acids is 2. The minimum Gasteiger partial charge on any atom is -0.490 e. The Hall–Kier alpha value is -2.75. The Labute approximate surface area is 201 Å². The van der Waals surface area contributed by atoms with E-state index in [1.165, 1.54) is 6.08 Å². The zero-order valence-corrected chi connectivity index (χ0v) is 19.8. The number of rotatable bonds is 8. The van der Waals surface area contributed by atoms with Crippen molar-refractivity contribution in [2.75, 3.05) is 13.2 Å². The van der Waals surface area contributed by atoms with Crippen LogP contribution in [0.2, 0.25) is 10.0 Å². The summed E-state index contributed by atoms with van der Waals surface area (Å²) in [6, 6.07) is 7.70. The molecule has 2 N–H and O–H groups in total. The molecule has 1 heterocycles. The van der Waals surface area contributed by atoms with Crippen molar-refractivity contribution in [1.82, 2.24) is 10.2 Å². The second kappa shape index (κ2) is 10.2. The molecule has 0 atom stereocenters. The molecular weight excluding hydrogens is 527 g/mol. The van der Waals surface area contributed by atoms with Crippen molar-refractivity contribution in [2.45, 2.75) is 13.5 Å². The summed E-state index contributed by atoms with van der Waals surface area (Å²) in [4.78, 5) is 35.7. The van der Waals surface area contributed by atoms with Crippen LogP contribution in [-0.2, 0) is 16.2 Å². The number of carboxylic acids is 1. The fraction of sp³-hybridized carbons (Fsp3) is 0.190. The maximum Gasteiger partial charge on any atom is 0.329 e. The number of nitrogens with one attached hydrogen (secondary N) is 1. The van der Waals surface area contributed by atoms with Gasteiger partial charge in [-0.15, -0.1) is 0 Å². The second-order valence-electron chi connectivity index (χ2n) is 6.57. The maximum atomic E-state index is 12.4. The summed E-state index contributed by atoms with van der Waals surface area (Å²) in [5, 5.41) is 12.1. The Balaban J connectivity index is 1.86. The van der Waals surface area contributed by atoms with Crippen LogP contribution in [0.15, 0.2) is 40.5 Å². The fourth-order valence-corrected chi connectivity index (χ4v) is 3.77. The average Bonchev–Trinajstić information content (AvgIpc) is 2.97. The summed E-state index contributed by atoms with van der Waals surface area (Å²) in [6.07, 6.45) is 1.43. The van der Waals surface area contributed by atoms with E-state index in [0.717, 1.165) is 5.56 Å². The minimum atomic E-state index is -1.29. The first kappa shape index (κ1) is 23.9. The van der Waals surface area contributed by atoms with Crippen LogP contribution in [0.3, 0.4) is 0 Å². The molecule has 3 amide bonds. The molecule has 8 nitrogen and oxygen atoms in total. The van der Waals surface area contributed by atoms with Gasteiger partial charge in [0.2, 0.25) is 0 Å². The number of carboxylic acid groups (broad SMARTS) is 1. The van der Waals surface area contributed by atoms with E-state index in [9.17, 15) is 14.4 Å². The number of hydrogen-bond acceptors (Lipinski definition) is 5. The monoisotopic (exact) mass is 542 g/mol. The molecule has 0 bridgehead atoms. The molecule has 2 aromatic carbocycles. The highest BCUT2D eigenvalue weighted by Crippen LogP contribution is 2.38. The predicted molar refractivity (Wildman–Crippen MR) is 122 cm³/mol. The van der Waals surface area contributed by atoms with E-state index in [0.29, 0.717) is 43.1 Å². The molecule has 32 heavy (non-hydrogen) atoms. The van der Waals surface area contributed by atoms with E-state index in [2.05, 4.69) is 21.2 Å². The van der Waals surface area contributed by atoms with Crippen molar-refractivity contribution in [3.05, 3.63) is 61.7 Å². The highest BCUT2D eigenvalue weighted by atomic mass is 79.9. The van der Waals surface area contributed by atoms with Gasteiger partial charge in [-0.05, 0) is 64.3 Å². The first-order valence-corrected chi connectivity index (χ1v) is 10.8. The first-order chi connectivity index (χ1) is 15.2. The van der Waals surface area contributed by atoms with E-state index < -0.39 is 24.5 Å². The summed E-state index contributed by atoms with van der Waals surface area (Å²) in [7, 11) is 0. The third-order valence-electron chi connectivity index (χ3n) is 4.27. The lowest BCUT2D eigenvalue weighted by atomic mass is 10.1. The van der Waals surface area contributed by atoms with Crippen LogP contribution in [0.5, 0.6) is 11.5 Å². The molecule has 0 saturated carbocycles. The molecule has 1 fully saturated rings. The second-order valence-corrected chi connectivity index (χ2v) is 8.24. The topological polar surface area (TPSA) is 105 Å². The number of ether oxygens (including phenoxy) is 2. The Morgan fingerprint density at radius 1 is 1.19 bits per heavy atom. The van der Waals surface area contributed by atoms with Crippen LogP contribution in [0, 0.1) is 0 Å². The largest absolute Gasteiger partial charge is 0.490 e. The van der Waals surface area contributed by atoms with Gasteiger partial charge in [-0.1, -0.05) is 29.3 Å². The summed E-state index contributed by atoms with van der Waals surface area (Å²) in [6.45, 7) is 1.65. The molecule has 11 heteroatoms. The highest BCUT2D eigenvalue weighted by molar-refractivity contribution is 9.10. The van der Waals surface area contributed by atoms with Crippen LogP contribution in [0.25, 0.3) is 6.08 Å². The van der Waals surface area contributed by atoms with Gasteiger partial charge >= 0.3 is 12.0 Å². The van der Waals surface area contributed by atoms with Crippen molar-refractivity contribution >= 4 is 63.1 Å². The number of imide groups is 1. The van der Waals surface area contributed by atoms with Gasteiger partial charge in [-0.3, -0.25) is 9.59 Å². The number of benzene rings is 2. The molecule has 0 aliphatic carbocycles. The molecule has 1 aliphatic rings. The standard InChI is InChI=1S/C21H17BrCl2N2O6/c1-2-31-17-8-12(7-16-20(29)26(9-18(27)28)21(30)25-16)5-13(22)19(17)32-10-11-3-4-14(23)15(24)6-11/h3-8H,2,9-10H2,1H3,(H,25,30)(H,27,28)/b16-7+. The lowest BCUT2D eigenvalue weighted by Crippen LogP contribution is -2.35. The number of aliphatic carboxylic acids is 1. The molecule has 2 aromatic rings. The summed E-state index contributed by atoms with van der Waals surface area (Å²) < 4.78 is 12.2. The molecular formula is C21H17BrCl2N2O6. The average molecular weight is 544 g/mol. The van der Waals surface area contributed by atoms with Gasteiger partial charge in [0, 0.05) is 0 Å². The maximum absolute atomic E-state index is 12.4. The zero-order valence-electron chi connectivity index (χ0n) is 16.7. The van der Waals surface area contributed by atoms with Crippen molar-refractivity contribution in [2.24, 2.45) is 0 Å². The van der Waals surface area contributed by atoms with E-state index >= 15 is 0 Å². The van der Waals surface area contributed by atoms with Crippen molar-refractivity contribution in [3.8, 4) is 11.5 Å². The quantitative estimate of drug-likeness (QED) is 0.369. The van der Waals surface area contributed by atoms with Crippen molar-refractivity contribution in [1.29, 1.82) is 0 Å². The van der Waals surface area contributed by atoms with Crippen LogP contribution in [0.4, 0.5) is 4.79 Å². The molecule has 0 aromatic heterocycles. The minimum absolute atomic E-state index is 0.0462. The fourth-order valence-electron chi connectivity index (χ4n) is 2.88. The zero-order chi connectivity index (χ0) is 23.4. The van der Waals surface area contributed by atoms with Crippen molar-refractivity contribution in [3.63, 3.8) is 0 Å². The molecule has 1 saturated heterocycles. The van der Waals surface area contributed by atoms with E-state index in [4.69, 9.17) is 37.8 Å². The molecule has 0 radical (unpaired) electrons. The van der Waals surface area contributed by atoms with E-state index in [-0.39, 0.29) is 12.3 Å². The molecule has 0 unspecified atom stereocenters. The Morgan fingerprint density at radius 3 is 2.59 bits per heavy atom. The number of carbonyl (C=O) groups is 3. The van der Waals surface area contributed by atoms with Gasteiger partial charge in [-0.2, -0.15) is 0 Å². The summed E-state index contributed by atoms with van der Waals surface area (Å²) >= 11 is 15.4. The van der Waals surface area contributed by atoms with Gasteiger partial charge in [0.25, 0.3) is 5.91 Å². The molecule has 1 aliphatic heterocycles. The van der Waals surface area contributed by atoms with Gasteiger partial charge in [0.1, 0.15) is 18.8 Å². The number of nitrogens with zero attached hydrogens (tertiary/aromatic N) is 1. The van der Waals surface area contributed by atoms with Crippen LogP contribution < -0.4 is 14.8 Å². The van der Waals surface area contributed by atoms with Gasteiger partial charge in [-0.25, -0.2) is 9.69 Å². The van der Waals surface area contributed by atoms with E-state index in [1.54, 1.807) is 30.3 Å². The van der Waals surface area contributed by atoms with Crippen LogP contribution in [0.1, 0.15) is 18.1 Å². The van der Waals surface area contributed by atoms with Gasteiger partial charge < -0.3 is 19.9 Å². The smallest absolute Gasteiger partial charge is 0.329 e. The number of urea groups is 1. The number of hydrogen-bond donors (Lipinski definition) is 2. The predicted octanol–water partition coefficient (Wildman–Crippen LogP) is 4.71. The Kier molecular flexibility index (Phi) is 7.65. The lowest BCUT2D eigenvalue weighted by molar-refractivity contribution is -0.140. The third kappa shape index (κ3) is 5.53. The van der Waals surface area contributed by atoms with Crippen LogP contribution >= 0.6 is 39.1 Å². The lowest BCUT2D eigenvalue weighted by Gasteiger charge is -2.15. The molecule has 3 rings (SSSR count).